The van der Waals surface area contributed by atoms with Crippen molar-refractivity contribution >= 4 is 17.2 Å². The third kappa shape index (κ3) is 1.01. The molecule has 0 bridgehead atoms. The highest BCUT2D eigenvalue weighted by Crippen LogP contribution is 2.18. The van der Waals surface area contributed by atoms with Gasteiger partial charge in [0.15, 0.2) is 5.51 Å². The van der Waals surface area contributed by atoms with Crippen molar-refractivity contribution < 1.29 is 0 Å². The molecule has 53 valence electrons. The van der Waals surface area contributed by atoms with Crippen LogP contribution in [0.4, 0.5) is 5.82 Å². The minimum atomic E-state index is 1.11. The van der Waals surface area contributed by atoms with Crippen molar-refractivity contribution in [3.8, 4) is 0 Å². The second kappa shape index (κ2) is 2.58. The molecule has 3 heteroatoms. The Labute approximate surface area is 64.5 Å². The topological polar surface area (TPSA) is 16.1 Å². The van der Waals surface area contributed by atoms with E-state index in [9.17, 15) is 0 Å². The average molecular weight is 153 g/mol. The van der Waals surface area contributed by atoms with E-state index < -0.39 is 0 Å². The number of anilines is 1. The zero-order valence-corrected chi connectivity index (χ0v) is 6.52. The first-order chi connectivity index (χ1) is 4.97. The van der Waals surface area contributed by atoms with Gasteiger partial charge >= 0.3 is 0 Å². The lowest BCUT2D eigenvalue weighted by Gasteiger charge is -2.12. The third-order valence-electron chi connectivity index (χ3n) is 1.81. The van der Waals surface area contributed by atoms with Crippen LogP contribution in [0.3, 0.4) is 0 Å². The summed E-state index contributed by atoms with van der Waals surface area (Å²) in [5.41, 5.74) is 2.86. The molecule has 10 heavy (non-hydrogen) atoms. The molecule has 2 nitrogen and oxygen atoms in total. The summed E-state index contributed by atoms with van der Waals surface area (Å²) in [6, 6.07) is 0. The molecule has 0 amide bonds. The number of rotatable bonds is 1. The first-order valence-corrected chi connectivity index (χ1v) is 4.41. The van der Waals surface area contributed by atoms with Gasteiger partial charge in [-0.05, 0) is 12.8 Å². The summed E-state index contributed by atoms with van der Waals surface area (Å²) in [5, 5.41) is 2.06. The highest BCUT2D eigenvalue weighted by molar-refractivity contribution is 7.07. The molecule has 0 spiro atoms. The van der Waals surface area contributed by atoms with Gasteiger partial charge in [0.2, 0.25) is 0 Å². The maximum absolute atomic E-state index is 4.12. The number of nitrogens with zero attached hydrogens (tertiary/aromatic N) is 2. The lowest BCUT2D eigenvalue weighted by molar-refractivity contribution is 0.945. The van der Waals surface area contributed by atoms with Gasteiger partial charge in [-0.2, -0.15) is 0 Å². The van der Waals surface area contributed by atoms with E-state index in [0.717, 1.165) is 5.82 Å². The normalized spacial score (nSPS) is 18.2. The van der Waals surface area contributed by atoms with E-state index in [1.54, 1.807) is 11.3 Å². The van der Waals surface area contributed by atoms with E-state index in [1.165, 1.54) is 25.9 Å². The average Bonchev–Trinajstić information content (AvgIpc) is 2.59. The lowest BCUT2D eigenvalue weighted by atomic mass is 10.4. The summed E-state index contributed by atoms with van der Waals surface area (Å²) in [7, 11) is 0. The number of hydrogen-bond acceptors (Lipinski definition) is 3. The maximum Gasteiger partial charge on any atom is 0.154 e. The first kappa shape index (κ1) is 6.16. The van der Waals surface area contributed by atoms with Gasteiger partial charge in [0, 0.05) is 18.5 Å². The van der Waals surface area contributed by atoms with Gasteiger partial charge in [0.05, 0.1) is 0 Å². The quantitative estimate of drug-likeness (QED) is 0.608. The minimum Gasteiger partial charge on any atom is -0.356 e. The molecule has 0 unspecified atom stereocenters. The molecule has 1 saturated heterocycles. The Balaban J connectivity index is 2.12. The van der Waals surface area contributed by atoms with E-state index >= 15 is 0 Å². The Morgan fingerprint density at radius 2 is 2.30 bits per heavy atom. The predicted molar refractivity (Wildman–Crippen MR) is 42.4 cm³/mol. The molecule has 1 aromatic heterocycles. The van der Waals surface area contributed by atoms with Crippen molar-refractivity contribution in [1.82, 2.24) is 4.98 Å². The smallest absolute Gasteiger partial charge is 0.154 e. The van der Waals surface area contributed by atoms with Crippen molar-refractivity contribution in [3.63, 3.8) is 0 Å². The van der Waals surface area contributed by atoms with Crippen LogP contribution in [0.25, 0.3) is 0 Å². The SMILES string of the molecule is [c]1nc(N2CCCC2)cs1. The molecule has 2 rings (SSSR count). The van der Waals surface area contributed by atoms with Crippen molar-refractivity contribution in [2.24, 2.45) is 0 Å². The Morgan fingerprint density at radius 1 is 1.50 bits per heavy atom. The van der Waals surface area contributed by atoms with Gasteiger partial charge in [-0.25, -0.2) is 4.98 Å². The van der Waals surface area contributed by atoms with Crippen LogP contribution in [0.2, 0.25) is 0 Å². The van der Waals surface area contributed by atoms with Crippen molar-refractivity contribution in [2.75, 3.05) is 18.0 Å². The molecule has 1 aliphatic heterocycles. The van der Waals surface area contributed by atoms with Gasteiger partial charge in [-0.3, -0.25) is 0 Å². The highest BCUT2D eigenvalue weighted by atomic mass is 32.1. The molecule has 1 radical (unpaired) electrons. The van der Waals surface area contributed by atoms with Crippen LogP contribution in [-0.2, 0) is 0 Å². The summed E-state index contributed by atoms with van der Waals surface area (Å²) < 4.78 is 0. The molecule has 0 N–H and O–H groups in total. The van der Waals surface area contributed by atoms with Crippen LogP contribution in [-0.4, -0.2) is 18.1 Å². The minimum absolute atomic E-state index is 1.11. The molecule has 1 aliphatic rings. The van der Waals surface area contributed by atoms with Crippen molar-refractivity contribution in [1.29, 1.82) is 0 Å². The van der Waals surface area contributed by atoms with Crippen molar-refractivity contribution in [3.05, 3.63) is 10.9 Å². The van der Waals surface area contributed by atoms with Gasteiger partial charge in [0.25, 0.3) is 0 Å². The molecule has 0 atom stereocenters. The molecule has 0 saturated carbocycles. The van der Waals surface area contributed by atoms with E-state index in [0.29, 0.717) is 0 Å². The fourth-order valence-corrected chi connectivity index (χ4v) is 1.78. The van der Waals surface area contributed by atoms with Crippen LogP contribution in [0.5, 0.6) is 0 Å². The Hall–Kier alpha value is -0.570. The zero-order valence-electron chi connectivity index (χ0n) is 5.71. The summed E-state index contributed by atoms with van der Waals surface area (Å²) in [6.07, 6.45) is 2.63. The second-order valence-electron chi connectivity index (χ2n) is 2.49. The van der Waals surface area contributed by atoms with E-state index in [1.807, 2.05) is 0 Å². The summed E-state index contributed by atoms with van der Waals surface area (Å²) in [5.74, 6) is 1.11. The van der Waals surface area contributed by atoms with Crippen LogP contribution in [0.1, 0.15) is 12.8 Å². The molecular weight excluding hydrogens is 144 g/mol. The molecule has 1 aromatic rings. The molecular formula is C7H9N2S. The largest absolute Gasteiger partial charge is 0.356 e. The monoisotopic (exact) mass is 153 g/mol. The summed E-state index contributed by atoms with van der Waals surface area (Å²) in [6.45, 7) is 2.36. The second-order valence-corrected chi connectivity index (χ2v) is 3.15. The fourth-order valence-electron chi connectivity index (χ4n) is 1.27. The standard InChI is InChI=1S/C7H9N2S/c1-2-4-9(3-1)7-5-10-6-8-7/h5H,1-4H2. The van der Waals surface area contributed by atoms with Crippen molar-refractivity contribution in [2.45, 2.75) is 12.8 Å². The lowest BCUT2D eigenvalue weighted by Crippen LogP contribution is -2.17. The van der Waals surface area contributed by atoms with E-state index in [-0.39, 0.29) is 0 Å². The number of hydrogen-bond donors (Lipinski definition) is 0. The number of thiazole rings is 1. The Kier molecular flexibility index (Phi) is 1.59. The van der Waals surface area contributed by atoms with Crippen LogP contribution < -0.4 is 4.90 Å². The molecule has 2 heterocycles. The predicted octanol–water partition coefficient (Wildman–Crippen LogP) is 1.54. The molecule has 1 fully saturated rings. The van der Waals surface area contributed by atoms with E-state index in [2.05, 4.69) is 20.8 Å². The molecule has 0 aromatic carbocycles. The fraction of sp³-hybridized carbons (Fsp3) is 0.571. The van der Waals surface area contributed by atoms with Gasteiger partial charge in [0.1, 0.15) is 5.82 Å². The highest BCUT2D eigenvalue weighted by Gasteiger charge is 2.12. The number of aromatic nitrogens is 1. The van der Waals surface area contributed by atoms with Gasteiger partial charge in [-0.15, -0.1) is 11.3 Å². The van der Waals surface area contributed by atoms with Crippen LogP contribution in [0, 0.1) is 5.51 Å². The van der Waals surface area contributed by atoms with Gasteiger partial charge < -0.3 is 4.90 Å². The zero-order chi connectivity index (χ0) is 6.81. The third-order valence-corrected chi connectivity index (χ3v) is 2.33. The Morgan fingerprint density at radius 3 is 2.90 bits per heavy atom. The van der Waals surface area contributed by atoms with E-state index in [4.69, 9.17) is 0 Å². The molecule has 0 aliphatic carbocycles. The van der Waals surface area contributed by atoms with Gasteiger partial charge in [-0.1, -0.05) is 0 Å². The van der Waals surface area contributed by atoms with Crippen LogP contribution >= 0.6 is 11.3 Å². The first-order valence-electron chi connectivity index (χ1n) is 3.53. The maximum atomic E-state index is 4.12. The summed E-state index contributed by atoms with van der Waals surface area (Å²) in [4.78, 5) is 6.43. The van der Waals surface area contributed by atoms with Crippen LogP contribution in [0.15, 0.2) is 5.38 Å². The Bertz CT molecular complexity index is 189. The summed E-state index contributed by atoms with van der Waals surface area (Å²) >= 11 is 1.55.